The standard InChI is InChI=1S/C17H13F2N3O2/c1-23-9-5-11-12(7-21-17(11)20-6-9)16-13(8-22-24-16)10-3-2-4-14(18)15(10)19/h2-6,8,12H,7H2,1H3,(H,20,21). The summed E-state index contributed by atoms with van der Waals surface area (Å²) >= 11 is 0. The van der Waals surface area contributed by atoms with Crippen LogP contribution < -0.4 is 10.1 Å². The molecule has 0 fully saturated rings. The van der Waals surface area contributed by atoms with Gasteiger partial charge in [-0.25, -0.2) is 13.8 Å². The van der Waals surface area contributed by atoms with Crippen molar-refractivity contribution in [2.45, 2.75) is 5.92 Å². The molecule has 0 amide bonds. The molecular weight excluding hydrogens is 316 g/mol. The molecule has 7 heteroatoms. The summed E-state index contributed by atoms with van der Waals surface area (Å²) in [5.41, 5.74) is 1.41. The third-order valence-electron chi connectivity index (χ3n) is 4.13. The van der Waals surface area contributed by atoms with Crippen LogP contribution in [0.1, 0.15) is 17.2 Å². The lowest BCUT2D eigenvalue weighted by atomic mass is 9.94. The third-order valence-corrected chi connectivity index (χ3v) is 4.13. The maximum atomic E-state index is 14.2. The highest BCUT2D eigenvalue weighted by Gasteiger charge is 2.31. The number of halogens is 2. The van der Waals surface area contributed by atoms with E-state index in [-0.39, 0.29) is 11.5 Å². The number of rotatable bonds is 3. The van der Waals surface area contributed by atoms with Gasteiger partial charge in [-0.3, -0.25) is 0 Å². The molecule has 3 aromatic rings. The molecule has 4 rings (SSSR count). The van der Waals surface area contributed by atoms with Crippen molar-refractivity contribution in [3.63, 3.8) is 0 Å². The zero-order valence-corrected chi connectivity index (χ0v) is 12.7. The summed E-state index contributed by atoms with van der Waals surface area (Å²) < 4.78 is 38.3. The lowest BCUT2D eigenvalue weighted by molar-refractivity contribution is 0.375. The van der Waals surface area contributed by atoms with E-state index in [1.165, 1.54) is 18.3 Å². The van der Waals surface area contributed by atoms with Crippen molar-refractivity contribution < 1.29 is 18.0 Å². The quantitative estimate of drug-likeness (QED) is 0.796. The van der Waals surface area contributed by atoms with Crippen molar-refractivity contribution in [3.8, 4) is 16.9 Å². The topological polar surface area (TPSA) is 60.2 Å². The highest BCUT2D eigenvalue weighted by Crippen LogP contribution is 2.41. The van der Waals surface area contributed by atoms with Gasteiger partial charge in [0, 0.05) is 23.2 Å². The minimum atomic E-state index is -0.920. The third kappa shape index (κ3) is 2.20. The summed E-state index contributed by atoms with van der Waals surface area (Å²) in [5, 5.41) is 6.96. The Morgan fingerprint density at radius 3 is 2.96 bits per heavy atom. The second-order valence-corrected chi connectivity index (χ2v) is 5.45. The Morgan fingerprint density at radius 2 is 2.12 bits per heavy atom. The van der Waals surface area contributed by atoms with Gasteiger partial charge in [-0.2, -0.15) is 0 Å². The number of anilines is 1. The van der Waals surface area contributed by atoms with E-state index in [1.807, 2.05) is 6.07 Å². The van der Waals surface area contributed by atoms with Gasteiger partial charge in [0.2, 0.25) is 0 Å². The molecule has 0 aliphatic carbocycles. The minimum Gasteiger partial charge on any atom is -0.495 e. The first kappa shape index (κ1) is 14.6. The number of benzene rings is 1. The molecule has 5 nitrogen and oxygen atoms in total. The Morgan fingerprint density at radius 1 is 1.25 bits per heavy atom. The Hall–Kier alpha value is -2.96. The highest BCUT2D eigenvalue weighted by atomic mass is 19.2. The highest BCUT2D eigenvalue weighted by molar-refractivity contribution is 5.69. The first-order valence-corrected chi connectivity index (χ1v) is 7.35. The zero-order chi connectivity index (χ0) is 16.7. The van der Waals surface area contributed by atoms with Crippen molar-refractivity contribution in [2.75, 3.05) is 19.0 Å². The molecule has 1 aliphatic rings. The van der Waals surface area contributed by atoms with Gasteiger partial charge >= 0.3 is 0 Å². The van der Waals surface area contributed by atoms with Crippen LogP contribution >= 0.6 is 0 Å². The summed E-state index contributed by atoms with van der Waals surface area (Å²) in [6.07, 6.45) is 3.01. The van der Waals surface area contributed by atoms with Crippen LogP contribution in [0.3, 0.4) is 0 Å². The average molecular weight is 329 g/mol. The van der Waals surface area contributed by atoms with E-state index in [0.717, 1.165) is 11.6 Å². The van der Waals surface area contributed by atoms with Gasteiger partial charge in [0.1, 0.15) is 11.6 Å². The number of nitrogens with one attached hydrogen (secondary N) is 1. The van der Waals surface area contributed by atoms with Gasteiger partial charge < -0.3 is 14.6 Å². The van der Waals surface area contributed by atoms with Crippen LogP contribution in [-0.2, 0) is 0 Å². The van der Waals surface area contributed by atoms with Crippen LogP contribution in [0.2, 0.25) is 0 Å². The van der Waals surface area contributed by atoms with Crippen LogP contribution in [0.4, 0.5) is 14.6 Å². The maximum absolute atomic E-state index is 14.2. The molecule has 24 heavy (non-hydrogen) atoms. The zero-order valence-electron chi connectivity index (χ0n) is 12.7. The van der Waals surface area contributed by atoms with Crippen molar-refractivity contribution in [3.05, 3.63) is 59.6 Å². The molecule has 1 aromatic carbocycles. The van der Waals surface area contributed by atoms with Crippen LogP contribution in [0.5, 0.6) is 5.75 Å². The van der Waals surface area contributed by atoms with Crippen LogP contribution in [0.25, 0.3) is 11.1 Å². The van der Waals surface area contributed by atoms with Crippen LogP contribution in [0.15, 0.2) is 41.2 Å². The predicted molar refractivity (Wildman–Crippen MR) is 83.0 cm³/mol. The van der Waals surface area contributed by atoms with Crippen molar-refractivity contribution in [2.24, 2.45) is 0 Å². The number of aromatic nitrogens is 2. The number of hydrogen-bond donors (Lipinski definition) is 1. The fourth-order valence-corrected chi connectivity index (χ4v) is 2.94. The molecule has 0 spiro atoms. The number of fused-ring (bicyclic) bond motifs is 1. The molecule has 1 atom stereocenters. The Kier molecular flexibility index (Phi) is 3.41. The number of nitrogens with zero attached hydrogens (tertiary/aromatic N) is 2. The van der Waals surface area contributed by atoms with E-state index in [0.29, 0.717) is 29.4 Å². The summed E-state index contributed by atoms with van der Waals surface area (Å²) in [7, 11) is 1.56. The molecule has 0 saturated heterocycles. The monoisotopic (exact) mass is 329 g/mol. The number of ether oxygens (including phenoxy) is 1. The fraction of sp³-hybridized carbons (Fsp3) is 0.176. The van der Waals surface area contributed by atoms with Crippen molar-refractivity contribution in [1.82, 2.24) is 10.1 Å². The number of methoxy groups -OCH3 is 1. The van der Waals surface area contributed by atoms with Crippen molar-refractivity contribution in [1.29, 1.82) is 0 Å². The van der Waals surface area contributed by atoms with Gasteiger partial charge in [0.15, 0.2) is 17.4 Å². The van der Waals surface area contributed by atoms with E-state index in [4.69, 9.17) is 9.26 Å². The smallest absolute Gasteiger partial charge is 0.166 e. The van der Waals surface area contributed by atoms with Gasteiger partial charge in [0.25, 0.3) is 0 Å². The fourth-order valence-electron chi connectivity index (χ4n) is 2.94. The molecule has 1 N–H and O–H groups in total. The maximum Gasteiger partial charge on any atom is 0.166 e. The predicted octanol–water partition coefficient (Wildman–Crippen LogP) is 3.58. The lowest BCUT2D eigenvalue weighted by Crippen LogP contribution is -2.04. The van der Waals surface area contributed by atoms with Gasteiger partial charge in [-0.05, 0) is 12.1 Å². The lowest BCUT2D eigenvalue weighted by Gasteiger charge is -2.10. The molecular formula is C17H13F2N3O2. The molecule has 1 aliphatic heterocycles. The van der Waals surface area contributed by atoms with Gasteiger partial charge in [0.05, 0.1) is 25.4 Å². The van der Waals surface area contributed by atoms with Gasteiger partial charge in [-0.1, -0.05) is 17.3 Å². The number of pyridine rings is 1. The van der Waals surface area contributed by atoms with E-state index >= 15 is 0 Å². The Bertz CT molecular complexity index is 911. The van der Waals surface area contributed by atoms with E-state index in [2.05, 4.69) is 15.5 Å². The molecule has 0 bridgehead atoms. The molecule has 0 radical (unpaired) electrons. The summed E-state index contributed by atoms with van der Waals surface area (Å²) in [6, 6.07) is 5.88. The minimum absolute atomic E-state index is 0.121. The van der Waals surface area contributed by atoms with Crippen LogP contribution in [-0.4, -0.2) is 23.8 Å². The first-order chi connectivity index (χ1) is 11.7. The van der Waals surface area contributed by atoms with E-state index in [1.54, 1.807) is 13.3 Å². The Balaban J connectivity index is 1.82. The normalized spacial score (nSPS) is 15.9. The van der Waals surface area contributed by atoms with E-state index < -0.39 is 11.6 Å². The molecule has 122 valence electrons. The summed E-state index contributed by atoms with van der Waals surface area (Å²) in [4.78, 5) is 4.29. The van der Waals surface area contributed by atoms with E-state index in [9.17, 15) is 8.78 Å². The molecule has 2 aromatic heterocycles. The SMILES string of the molecule is COc1cnc2c(c1)C(c1oncc1-c1cccc(F)c1F)CN2. The summed E-state index contributed by atoms with van der Waals surface area (Å²) in [5.74, 6) is -0.267. The second kappa shape index (κ2) is 5.59. The average Bonchev–Trinajstić information content (AvgIpc) is 3.22. The molecule has 1 unspecified atom stereocenters. The van der Waals surface area contributed by atoms with Gasteiger partial charge in [-0.15, -0.1) is 0 Å². The number of hydrogen-bond acceptors (Lipinski definition) is 5. The first-order valence-electron chi connectivity index (χ1n) is 7.35. The van der Waals surface area contributed by atoms with Crippen molar-refractivity contribution >= 4 is 5.82 Å². The largest absolute Gasteiger partial charge is 0.495 e. The van der Waals surface area contributed by atoms with Crippen LogP contribution in [0, 0.1) is 11.6 Å². The molecule has 0 saturated carbocycles. The second-order valence-electron chi connectivity index (χ2n) is 5.45. The summed E-state index contributed by atoms with van der Waals surface area (Å²) in [6.45, 7) is 0.522. The Labute approximate surface area is 136 Å². The molecule has 3 heterocycles.